The minimum Gasteiger partial charge on any atom is -0.495 e. The van der Waals surface area contributed by atoms with Crippen molar-refractivity contribution >= 4 is 6.09 Å². The summed E-state index contributed by atoms with van der Waals surface area (Å²) in [4.78, 5) is 15.0. The molecule has 0 spiro atoms. The summed E-state index contributed by atoms with van der Waals surface area (Å²) in [6.45, 7) is 0.259. The van der Waals surface area contributed by atoms with Crippen LogP contribution < -0.4 is 14.8 Å². The zero-order valence-electron chi connectivity index (χ0n) is 9.02. The second-order valence-electron chi connectivity index (χ2n) is 3.25. The molecule has 1 atom stereocenters. The molecular formula is C10H12N2O4. The number of carbonyl (C=O) groups excluding carboxylic acids is 1. The lowest BCUT2D eigenvalue weighted by Crippen LogP contribution is -2.19. The van der Waals surface area contributed by atoms with Gasteiger partial charge in [0.05, 0.1) is 38.2 Å². The Balaban J connectivity index is 2.40. The number of hydrogen-bond acceptors (Lipinski definition) is 5. The van der Waals surface area contributed by atoms with Gasteiger partial charge in [0, 0.05) is 0 Å². The molecule has 0 saturated carbocycles. The van der Waals surface area contributed by atoms with Gasteiger partial charge in [-0.1, -0.05) is 0 Å². The predicted molar refractivity (Wildman–Crippen MR) is 54.6 cm³/mol. The van der Waals surface area contributed by atoms with Crippen molar-refractivity contribution in [1.29, 1.82) is 0 Å². The number of cyclic esters (lactones) is 1. The second-order valence-corrected chi connectivity index (χ2v) is 3.25. The molecule has 1 aromatic heterocycles. The van der Waals surface area contributed by atoms with Gasteiger partial charge in [-0.3, -0.25) is 4.98 Å². The highest BCUT2D eigenvalue weighted by molar-refractivity contribution is 5.70. The third kappa shape index (κ3) is 1.73. The third-order valence-electron chi connectivity index (χ3n) is 2.38. The van der Waals surface area contributed by atoms with Gasteiger partial charge in [-0.05, 0) is 0 Å². The lowest BCUT2D eigenvalue weighted by molar-refractivity contribution is 0.176. The molecule has 1 unspecified atom stereocenters. The second kappa shape index (κ2) is 4.26. The zero-order valence-corrected chi connectivity index (χ0v) is 9.02. The van der Waals surface area contributed by atoms with E-state index in [1.54, 1.807) is 12.4 Å². The number of rotatable bonds is 3. The molecule has 86 valence electrons. The van der Waals surface area contributed by atoms with Crippen LogP contribution in [-0.4, -0.2) is 31.9 Å². The SMILES string of the molecule is COc1cncc(OC)c1C1COC(=O)N1. The summed E-state index contributed by atoms with van der Waals surface area (Å²) in [5.41, 5.74) is 0.742. The zero-order chi connectivity index (χ0) is 11.5. The summed E-state index contributed by atoms with van der Waals surface area (Å²) < 4.78 is 15.2. The molecule has 0 aliphatic carbocycles. The number of aromatic nitrogens is 1. The molecule has 1 fully saturated rings. The number of alkyl carbamates (subject to hydrolysis) is 1. The van der Waals surface area contributed by atoms with Crippen molar-refractivity contribution in [3.05, 3.63) is 18.0 Å². The van der Waals surface area contributed by atoms with Gasteiger partial charge < -0.3 is 19.5 Å². The molecule has 6 nitrogen and oxygen atoms in total. The Morgan fingerprint density at radius 1 is 1.38 bits per heavy atom. The summed E-state index contributed by atoms with van der Waals surface area (Å²) in [6, 6.07) is -0.264. The van der Waals surface area contributed by atoms with Crippen molar-refractivity contribution in [1.82, 2.24) is 10.3 Å². The maximum absolute atomic E-state index is 11.0. The Morgan fingerprint density at radius 3 is 2.44 bits per heavy atom. The number of methoxy groups -OCH3 is 2. The topological polar surface area (TPSA) is 69.7 Å². The van der Waals surface area contributed by atoms with Crippen LogP contribution >= 0.6 is 0 Å². The summed E-state index contributed by atoms with van der Waals surface area (Å²) in [6.07, 6.45) is 2.70. The Kier molecular flexibility index (Phi) is 2.80. The molecule has 1 amide bonds. The summed E-state index contributed by atoms with van der Waals surface area (Å²) in [5, 5.41) is 2.67. The largest absolute Gasteiger partial charge is 0.495 e. The fourth-order valence-corrected chi connectivity index (χ4v) is 1.64. The van der Waals surface area contributed by atoms with E-state index in [-0.39, 0.29) is 12.6 Å². The van der Waals surface area contributed by atoms with E-state index >= 15 is 0 Å². The van der Waals surface area contributed by atoms with Crippen LogP contribution in [0.1, 0.15) is 11.6 Å². The lowest BCUT2D eigenvalue weighted by Gasteiger charge is -2.15. The van der Waals surface area contributed by atoms with Crippen LogP contribution in [0.25, 0.3) is 0 Å². The molecule has 2 heterocycles. The third-order valence-corrected chi connectivity index (χ3v) is 2.38. The van der Waals surface area contributed by atoms with E-state index in [2.05, 4.69) is 10.3 Å². The maximum Gasteiger partial charge on any atom is 0.407 e. The van der Waals surface area contributed by atoms with Crippen LogP contribution in [0.4, 0.5) is 4.79 Å². The molecule has 1 aromatic rings. The summed E-state index contributed by atoms with van der Waals surface area (Å²) >= 11 is 0. The molecule has 6 heteroatoms. The Morgan fingerprint density at radius 2 is 2.00 bits per heavy atom. The highest BCUT2D eigenvalue weighted by Gasteiger charge is 2.29. The number of pyridine rings is 1. The van der Waals surface area contributed by atoms with Gasteiger partial charge in [0.25, 0.3) is 0 Å². The molecule has 16 heavy (non-hydrogen) atoms. The van der Waals surface area contributed by atoms with Crippen LogP contribution in [0.2, 0.25) is 0 Å². The molecule has 0 aromatic carbocycles. The van der Waals surface area contributed by atoms with E-state index in [1.807, 2.05) is 0 Å². The number of nitrogens with zero attached hydrogens (tertiary/aromatic N) is 1. The normalized spacial score (nSPS) is 18.9. The van der Waals surface area contributed by atoms with E-state index in [4.69, 9.17) is 14.2 Å². The molecular weight excluding hydrogens is 212 g/mol. The molecule has 2 rings (SSSR count). The number of carbonyl (C=O) groups is 1. The van der Waals surface area contributed by atoms with Gasteiger partial charge in [-0.15, -0.1) is 0 Å². The van der Waals surface area contributed by atoms with Crippen LogP contribution in [0, 0.1) is 0 Å². The molecule has 0 radical (unpaired) electrons. The molecule has 1 aliphatic rings. The Hall–Kier alpha value is -1.98. The van der Waals surface area contributed by atoms with Crippen LogP contribution in [-0.2, 0) is 4.74 Å². The first-order valence-electron chi connectivity index (χ1n) is 4.75. The highest BCUT2D eigenvalue weighted by atomic mass is 16.6. The van der Waals surface area contributed by atoms with Crippen LogP contribution in [0.5, 0.6) is 11.5 Å². The van der Waals surface area contributed by atoms with E-state index in [9.17, 15) is 4.79 Å². The first kappa shape index (κ1) is 10.5. The number of hydrogen-bond donors (Lipinski definition) is 1. The van der Waals surface area contributed by atoms with Crippen LogP contribution in [0.15, 0.2) is 12.4 Å². The smallest absolute Gasteiger partial charge is 0.407 e. The van der Waals surface area contributed by atoms with Crippen molar-refractivity contribution in [2.45, 2.75) is 6.04 Å². The molecule has 1 saturated heterocycles. The first-order valence-corrected chi connectivity index (χ1v) is 4.75. The van der Waals surface area contributed by atoms with Gasteiger partial charge in [0.2, 0.25) is 0 Å². The van der Waals surface area contributed by atoms with Crippen molar-refractivity contribution in [2.75, 3.05) is 20.8 Å². The van der Waals surface area contributed by atoms with E-state index < -0.39 is 6.09 Å². The average molecular weight is 224 g/mol. The van der Waals surface area contributed by atoms with Crippen molar-refractivity contribution in [3.63, 3.8) is 0 Å². The van der Waals surface area contributed by atoms with Gasteiger partial charge in [0.1, 0.15) is 18.1 Å². The van der Waals surface area contributed by atoms with E-state index in [1.165, 1.54) is 14.2 Å². The van der Waals surface area contributed by atoms with Crippen molar-refractivity contribution in [2.24, 2.45) is 0 Å². The quantitative estimate of drug-likeness (QED) is 0.825. The first-order chi connectivity index (χ1) is 7.76. The van der Waals surface area contributed by atoms with Gasteiger partial charge in [-0.2, -0.15) is 0 Å². The van der Waals surface area contributed by atoms with E-state index in [0.29, 0.717) is 11.5 Å². The van der Waals surface area contributed by atoms with Crippen molar-refractivity contribution < 1.29 is 19.0 Å². The minimum atomic E-state index is -0.439. The lowest BCUT2D eigenvalue weighted by atomic mass is 10.1. The summed E-state index contributed by atoms with van der Waals surface area (Å²) in [5.74, 6) is 1.13. The highest BCUT2D eigenvalue weighted by Crippen LogP contribution is 2.34. The predicted octanol–water partition coefficient (Wildman–Crippen LogP) is 0.880. The Labute approximate surface area is 92.5 Å². The van der Waals surface area contributed by atoms with Gasteiger partial charge in [0.15, 0.2) is 0 Å². The minimum absolute atomic E-state index is 0.259. The van der Waals surface area contributed by atoms with Crippen LogP contribution in [0.3, 0.4) is 0 Å². The number of ether oxygens (including phenoxy) is 3. The van der Waals surface area contributed by atoms with E-state index in [0.717, 1.165) is 5.56 Å². The summed E-state index contributed by atoms with van der Waals surface area (Å²) in [7, 11) is 3.08. The Bertz CT molecular complexity index is 386. The molecule has 0 bridgehead atoms. The van der Waals surface area contributed by atoms with Gasteiger partial charge >= 0.3 is 6.09 Å². The average Bonchev–Trinajstić information content (AvgIpc) is 2.74. The van der Waals surface area contributed by atoms with Crippen molar-refractivity contribution in [3.8, 4) is 11.5 Å². The number of amides is 1. The number of nitrogens with one attached hydrogen (secondary N) is 1. The fourth-order valence-electron chi connectivity index (χ4n) is 1.64. The standard InChI is InChI=1S/C10H12N2O4/c1-14-7-3-11-4-8(15-2)9(7)6-5-16-10(13)12-6/h3-4,6H,5H2,1-2H3,(H,12,13). The maximum atomic E-state index is 11.0. The molecule has 1 aliphatic heterocycles. The van der Waals surface area contributed by atoms with Gasteiger partial charge in [-0.25, -0.2) is 4.79 Å². The fraction of sp³-hybridized carbons (Fsp3) is 0.400. The molecule has 1 N–H and O–H groups in total. The monoisotopic (exact) mass is 224 g/mol.